The largest absolute Gasteiger partial charge is 0.491 e. The molecule has 1 aromatic carbocycles. The second kappa shape index (κ2) is 9.21. The third kappa shape index (κ3) is 4.21. The Bertz CT molecular complexity index is 1030. The van der Waals surface area contributed by atoms with Gasteiger partial charge in [0.15, 0.2) is 0 Å². The molecule has 0 bridgehead atoms. The molecule has 2 aromatic rings. The zero-order valence-corrected chi connectivity index (χ0v) is 18.4. The summed E-state index contributed by atoms with van der Waals surface area (Å²) in [6, 6.07) is 9.12. The van der Waals surface area contributed by atoms with Gasteiger partial charge in [-0.1, -0.05) is 18.2 Å². The van der Waals surface area contributed by atoms with Gasteiger partial charge in [0.25, 0.3) is 11.8 Å². The lowest BCUT2D eigenvalue weighted by Gasteiger charge is -2.36. The third-order valence-electron chi connectivity index (χ3n) is 5.40. The molecule has 0 aliphatic carbocycles. The van der Waals surface area contributed by atoms with Gasteiger partial charge in [-0.05, 0) is 37.6 Å². The van der Waals surface area contributed by atoms with E-state index in [-0.39, 0.29) is 24.5 Å². The molecule has 1 fully saturated rings. The number of aromatic nitrogens is 2. The molecule has 0 unspecified atom stereocenters. The van der Waals surface area contributed by atoms with E-state index in [2.05, 4.69) is 21.4 Å². The Morgan fingerprint density at radius 3 is 2.22 bits per heavy atom. The van der Waals surface area contributed by atoms with E-state index in [0.29, 0.717) is 49.0 Å². The van der Waals surface area contributed by atoms with Gasteiger partial charge in [-0.15, -0.1) is 6.58 Å². The SMILES string of the molecule is C=CCN1C(=O)C(c2ccc(OC(C)C)cc2)=C(N2CCN(c3ncccn3)CC2)C1=O. The fourth-order valence-electron chi connectivity index (χ4n) is 3.97. The number of nitrogens with zero attached hydrogens (tertiary/aromatic N) is 5. The first-order valence-corrected chi connectivity index (χ1v) is 10.7. The molecule has 2 aliphatic rings. The fraction of sp³-hybridized carbons (Fsp3) is 0.333. The normalized spacial score (nSPS) is 16.9. The van der Waals surface area contributed by atoms with Crippen molar-refractivity contribution in [2.24, 2.45) is 0 Å². The van der Waals surface area contributed by atoms with Crippen molar-refractivity contribution in [2.45, 2.75) is 20.0 Å². The molecule has 0 spiro atoms. The summed E-state index contributed by atoms with van der Waals surface area (Å²) >= 11 is 0. The molecule has 166 valence electrons. The average molecular weight is 434 g/mol. The van der Waals surface area contributed by atoms with Crippen LogP contribution in [0, 0.1) is 0 Å². The van der Waals surface area contributed by atoms with Crippen LogP contribution in [0.1, 0.15) is 19.4 Å². The van der Waals surface area contributed by atoms with Gasteiger partial charge in [-0.25, -0.2) is 9.97 Å². The Morgan fingerprint density at radius 1 is 1.00 bits per heavy atom. The fourth-order valence-corrected chi connectivity index (χ4v) is 3.97. The summed E-state index contributed by atoms with van der Waals surface area (Å²) in [7, 11) is 0. The molecule has 32 heavy (non-hydrogen) atoms. The van der Waals surface area contributed by atoms with Crippen LogP contribution in [0.5, 0.6) is 5.75 Å². The molecular formula is C24H27N5O3. The number of carbonyl (C=O) groups is 2. The zero-order valence-electron chi connectivity index (χ0n) is 18.4. The van der Waals surface area contributed by atoms with Crippen molar-refractivity contribution in [3.8, 4) is 5.75 Å². The lowest BCUT2D eigenvalue weighted by Crippen LogP contribution is -2.48. The molecule has 8 nitrogen and oxygen atoms in total. The Labute approximate surface area is 187 Å². The lowest BCUT2D eigenvalue weighted by atomic mass is 10.0. The van der Waals surface area contributed by atoms with Crippen molar-refractivity contribution in [1.82, 2.24) is 19.8 Å². The Hall–Kier alpha value is -3.68. The average Bonchev–Trinajstić information content (AvgIpc) is 3.05. The first-order chi connectivity index (χ1) is 15.5. The van der Waals surface area contributed by atoms with Gasteiger partial charge in [0.05, 0.1) is 11.7 Å². The molecule has 8 heteroatoms. The first kappa shape index (κ1) is 21.5. The van der Waals surface area contributed by atoms with E-state index in [1.165, 1.54) is 4.90 Å². The van der Waals surface area contributed by atoms with Gasteiger partial charge in [-0.3, -0.25) is 14.5 Å². The van der Waals surface area contributed by atoms with E-state index in [0.717, 1.165) is 5.75 Å². The molecule has 2 amide bonds. The van der Waals surface area contributed by atoms with Crippen molar-refractivity contribution in [3.05, 3.63) is 66.6 Å². The molecule has 1 aromatic heterocycles. The van der Waals surface area contributed by atoms with E-state index in [9.17, 15) is 9.59 Å². The van der Waals surface area contributed by atoms with E-state index >= 15 is 0 Å². The van der Waals surface area contributed by atoms with Crippen LogP contribution in [0.3, 0.4) is 0 Å². The van der Waals surface area contributed by atoms with Crippen LogP contribution >= 0.6 is 0 Å². The Morgan fingerprint density at radius 2 is 1.62 bits per heavy atom. The molecular weight excluding hydrogens is 406 g/mol. The van der Waals surface area contributed by atoms with E-state index in [1.54, 1.807) is 24.5 Å². The molecule has 3 heterocycles. The van der Waals surface area contributed by atoms with Gasteiger partial charge >= 0.3 is 0 Å². The minimum Gasteiger partial charge on any atom is -0.491 e. The summed E-state index contributed by atoms with van der Waals surface area (Å²) in [5, 5.41) is 0. The number of anilines is 1. The topological polar surface area (TPSA) is 78.9 Å². The third-order valence-corrected chi connectivity index (χ3v) is 5.40. The van der Waals surface area contributed by atoms with Gasteiger partial charge < -0.3 is 14.5 Å². The van der Waals surface area contributed by atoms with Gasteiger partial charge in [-0.2, -0.15) is 0 Å². The summed E-state index contributed by atoms with van der Waals surface area (Å²) in [5.41, 5.74) is 1.58. The summed E-state index contributed by atoms with van der Waals surface area (Å²) in [5.74, 6) is 0.819. The number of rotatable bonds is 7. The zero-order chi connectivity index (χ0) is 22.7. The lowest BCUT2D eigenvalue weighted by molar-refractivity contribution is -0.136. The van der Waals surface area contributed by atoms with Crippen LogP contribution in [-0.2, 0) is 9.59 Å². The second-order valence-electron chi connectivity index (χ2n) is 7.95. The molecule has 4 rings (SSSR count). The van der Waals surface area contributed by atoms with Crippen molar-refractivity contribution in [1.29, 1.82) is 0 Å². The number of hydrogen-bond acceptors (Lipinski definition) is 7. The van der Waals surface area contributed by atoms with Crippen molar-refractivity contribution in [2.75, 3.05) is 37.6 Å². The summed E-state index contributed by atoms with van der Waals surface area (Å²) in [6.45, 7) is 10.3. The number of imide groups is 1. The quantitative estimate of drug-likeness (QED) is 0.490. The minimum atomic E-state index is -0.295. The highest BCUT2D eigenvalue weighted by Crippen LogP contribution is 2.33. The Balaban J connectivity index is 1.63. The van der Waals surface area contributed by atoms with E-state index < -0.39 is 0 Å². The molecule has 0 N–H and O–H groups in total. The van der Waals surface area contributed by atoms with Gasteiger partial charge in [0.2, 0.25) is 5.95 Å². The summed E-state index contributed by atoms with van der Waals surface area (Å²) in [4.78, 5) is 40.4. The summed E-state index contributed by atoms with van der Waals surface area (Å²) < 4.78 is 5.72. The van der Waals surface area contributed by atoms with Crippen molar-refractivity contribution >= 4 is 23.3 Å². The van der Waals surface area contributed by atoms with Crippen LogP contribution in [0.2, 0.25) is 0 Å². The predicted molar refractivity (Wildman–Crippen MR) is 122 cm³/mol. The van der Waals surface area contributed by atoms with Crippen LogP contribution in [0.15, 0.2) is 61.1 Å². The van der Waals surface area contributed by atoms with Crippen LogP contribution in [0.4, 0.5) is 5.95 Å². The van der Waals surface area contributed by atoms with Crippen LogP contribution in [-0.4, -0.2) is 70.4 Å². The van der Waals surface area contributed by atoms with E-state index in [1.807, 2.05) is 43.0 Å². The smallest absolute Gasteiger partial charge is 0.278 e. The highest BCUT2D eigenvalue weighted by Gasteiger charge is 2.41. The van der Waals surface area contributed by atoms with Crippen molar-refractivity contribution < 1.29 is 14.3 Å². The molecule has 0 atom stereocenters. The monoisotopic (exact) mass is 433 g/mol. The number of carbonyl (C=O) groups excluding carboxylic acids is 2. The molecule has 1 saturated heterocycles. The number of ether oxygens (including phenoxy) is 1. The maximum absolute atomic E-state index is 13.2. The number of piperazine rings is 1. The maximum atomic E-state index is 13.2. The van der Waals surface area contributed by atoms with Gasteiger partial charge in [0, 0.05) is 45.1 Å². The minimum absolute atomic E-state index is 0.0540. The predicted octanol–water partition coefficient (Wildman–Crippen LogP) is 2.35. The van der Waals surface area contributed by atoms with Crippen LogP contribution < -0.4 is 9.64 Å². The first-order valence-electron chi connectivity index (χ1n) is 10.7. The highest BCUT2D eigenvalue weighted by atomic mass is 16.5. The van der Waals surface area contributed by atoms with Crippen molar-refractivity contribution in [3.63, 3.8) is 0 Å². The van der Waals surface area contributed by atoms with Gasteiger partial charge in [0.1, 0.15) is 11.4 Å². The Kier molecular flexibility index (Phi) is 6.20. The highest BCUT2D eigenvalue weighted by molar-refractivity contribution is 6.35. The maximum Gasteiger partial charge on any atom is 0.278 e. The summed E-state index contributed by atoms with van der Waals surface area (Å²) in [6.07, 6.45) is 5.06. The van der Waals surface area contributed by atoms with E-state index in [4.69, 9.17) is 4.74 Å². The molecule has 0 saturated carbocycles. The number of benzene rings is 1. The molecule has 0 radical (unpaired) electrons. The number of amides is 2. The molecule has 2 aliphatic heterocycles. The number of hydrogen-bond donors (Lipinski definition) is 0. The second-order valence-corrected chi connectivity index (χ2v) is 7.95. The standard InChI is InChI=1S/C24H27N5O3/c1-4-12-29-22(30)20(18-6-8-19(9-7-18)32-17(2)3)21(23(29)31)27-13-15-28(16-14-27)24-25-10-5-11-26-24/h4-11,17H,1,12-16H2,2-3H3. The van der Waals surface area contributed by atoms with Crippen LogP contribution in [0.25, 0.3) is 5.57 Å².